The summed E-state index contributed by atoms with van der Waals surface area (Å²) in [7, 11) is 1.56. The molecule has 0 aliphatic carbocycles. The summed E-state index contributed by atoms with van der Waals surface area (Å²) in [6, 6.07) is 5.16. The minimum absolute atomic E-state index is 0.272. The summed E-state index contributed by atoms with van der Waals surface area (Å²) in [5.74, 6) is 1.04. The Kier molecular flexibility index (Phi) is 3.88. The van der Waals surface area contributed by atoms with Gasteiger partial charge in [-0.05, 0) is 28.1 Å². The summed E-state index contributed by atoms with van der Waals surface area (Å²) in [6.45, 7) is 0. The van der Waals surface area contributed by atoms with Crippen molar-refractivity contribution in [2.75, 3.05) is 12.4 Å². The number of aromatic nitrogens is 2. The molecular formula is C11H9BrClN3O2. The molecule has 2 aromatic rings. The average Bonchev–Trinajstić information content (AvgIpc) is 2.37. The Morgan fingerprint density at radius 1 is 1.50 bits per heavy atom. The van der Waals surface area contributed by atoms with E-state index in [4.69, 9.17) is 16.3 Å². The molecule has 5 nitrogen and oxygen atoms in total. The van der Waals surface area contributed by atoms with Crippen molar-refractivity contribution in [1.82, 2.24) is 9.97 Å². The Bertz CT molecular complexity index is 630. The first kappa shape index (κ1) is 12.9. The van der Waals surface area contributed by atoms with E-state index in [1.165, 1.54) is 6.33 Å². The Balaban J connectivity index is 2.39. The lowest BCUT2D eigenvalue weighted by molar-refractivity contribution is 0.415. The van der Waals surface area contributed by atoms with Gasteiger partial charge in [0.15, 0.2) is 5.82 Å². The molecule has 0 fully saturated rings. The van der Waals surface area contributed by atoms with E-state index < -0.39 is 0 Å². The summed E-state index contributed by atoms with van der Waals surface area (Å²) in [5.41, 5.74) is 0.335. The molecule has 0 saturated heterocycles. The van der Waals surface area contributed by atoms with Crippen molar-refractivity contribution in [3.63, 3.8) is 0 Å². The molecule has 7 heteroatoms. The summed E-state index contributed by atoms with van der Waals surface area (Å²) in [4.78, 5) is 17.9. The summed E-state index contributed by atoms with van der Waals surface area (Å²) in [6.07, 6.45) is 1.31. The van der Waals surface area contributed by atoms with Crippen molar-refractivity contribution >= 4 is 39.0 Å². The molecule has 0 aliphatic rings. The van der Waals surface area contributed by atoms with Crippen molar-refractivity contribution in [2.24, 2.45) is 0 Å². The van der Waals surface area contributed by atoms with Crippen LogP contribution in [0.2, 0.25) is 5.02 Å². The molecule has 94 valence electrons. The molecule has 1 aromatic carbocycles. The van der Waals surface area contributed by atoms with Gasteiger partial charge in [-0.2, -0.15) is 0 Å². The second-order valence-electron chi connectivity index (χ2n) is 3.37. The van der Waals surface area contributed by atoms with E-state index in [1.54, 1.807) is 25.3 Å². The van der Waals surface area contributed by atoms with E-state index in [0.717, 1.165) is 0 Å². The highest BCUT2D eigenvalue weighted by molar-refractivity contribution is 9.10. The van der Waals surface area contributed by atoms with Gasteiger partial charge in [-0.3, -0.25) is 4.79 Å². The van der Waals surface area contributed by atoms with Gasteiger partial charge in [0.1, 0.15) is 10.2 Å². The molecule has 2 rings (SSSR count). The molecule has 0 spiro atoms. The smallest absolute Gasteiger partial charge is 0.267 e. The van der Waals surface area contributed by atoms with Crippen LogP contribution in [-0.2, 0) is 0 Å². The SMILES string of the molecule is COc1ccc(Cl)c(Nc2nc[nH]c(=O)c2Br)c1. The summed E-state index contributed by atoms with van der Waals surface area (Å²) < 4.78 is 5.41. The Morgan fingerprint density at radius 3 is 3.00 bits per heavy atom. The lowest BCUT2D eigenvalue weighted by Crippen LogP contribution is -2.10. The molecule has 0 amide bonds. The van der Waals surface area contributed by atoms with E-state index in [9.17, 15) is 4.79 Å². The van der Waals surface area contributed by atoms with Gasteiger partial charge >= 0.3 is 0 Å². The van der Waals surface area contributed by atoms with E-state index >= 15 is 0 Å². The maximum atomic E-state index is 11.4. The molecule has 0 unspecified atom stereocenters. The predicted octanol–water partition coefficient (Wildman–Crippen LogP) is 2.94. The maximum absolute atomic E-state index is 11.4. The Morgan fingerprint density at radius 2 is 2.28 bits per heavy atom. The molecule has 1 heterocycles. The first-order chi connectivity index (χ1) is 8.61. The zero-order chi connectivity index (χ0) is 13.1. The van der Waals surface area contributed by atoms with Crippen LogP contribution in [0.5, 0.6) is 5.75 Å². The topological polar surface area (TPSA) is 67.0 Å². The normalized spacial score (nSPS) is 10.2. The molecule has 0 radical (unpaired) electrons. The molecule has 0 aliphatic heterocycles. The lowest BCUT2D eigenvalue weighted by atomic mass is 10.3. The maximum Gasteiger partial charge on any atom is 0.267 e. The lowest BCUT2D eigenvalue weighted by Gasteiger charge is -2.10. The van der Waals surface area contributed by atoms with Crippen molar-refractivity contribution < 1.29 is 4.74 Å². The molecule has 1 aromatic heterocycles. The van der Waals surface area contributed by atoms with Crippen LogP contribution < -0.4 is 15.6 Å². The Labute approximate surface area is 116 Å². The second kappa shape index (κ2) is 5.41. The molecule has 0 bridgehead atoms. The highest BCUT2D eigenvalue weighted by Gasteiger charge is 2.08. The number of aromatic amines is 1. The van der Waals surface area contributed by atoms with Gasteiger partial charge in [-0.15, -0.1) is 0 Å². The van der Waals surface area contributed by atoms with Gasteiger partial charge < -0.3 is 15.0 Å². The number of benzene rings is 1. The predicted molar refractivity (Wildman–Crippen MR) is 73.8 cm³/mol. The van der Waals surface area contributed by atoms with E-state index in [1.807, 2.05) is 0 Å². The Hall–Kier alpha value is -1.53. The van der Waals surface area contributed by atoms with Crippen LogP contribution in [-0.4, -0.2) is 17.1 Å². The first-order valence-corrected chi connectivity index (χ1v) is 6.12. The highest BCUT2D eigenvalue weighted by atomic mass is 79.9. The van der Waals surface area contributed by atoms with Crippen molar-refractivity contribution in [2.45, 2.75) is 0 Å². The molecule has 0 atom stereocenters. The fourth-order valence-corrected chi connectivity index (χ4v) is 1.81. The minimum Gasteiger partial charge on any atom is -0.497 e. The van der Waals surface area contributed by atoms with Gasteiger partial charge in [0.2, 0.25) is 0 Å². The number of rotatable bonds is 3. The third kappa shape index (κ3) is 2.65. The number of nitrogens with zero attached hydrogens (tertiary/aromatic N) is 1. The standard InChI is InChI=1S/C11H9BrClN3O2/c1-18-6-2-3-7(13)8(4-6)16-10-9(12)11(17)15-5-14-10/h2-5H,1H3,(H2,14,15,16,17). The number of halogens is 2. The first-order valence-electron chi connectivity index (χ1n) is 4.95. The van der Waals surface area contributed by atoms with E-state index in [-0.39, 0.29) is 5.56 Å². The quantitative estimate of drug-likeness (QED) is 0.908. The van der Waals surface area contributed by atoms with Crippen LogP contribution in [0.25, 0.3) is 0 Å². The largest absolute Gasteiger partial charge is 0.497 e. The molecule has 18 heavy (non-hydrogen) atoms. The molecule has 0 saturated carbocycles. The number of methoxy groups -OCH3 is 1. The summed E-state index contributed by atoms with van der Waals surface area (Å²) in [5, 5.41) is 3.47. The molecule has 2 N–H and O–H groups in total. The van der Waals surface area contributed by atoms with E-state index in [2.05, 4.69) is 31.2 Å². The number of anilines is 2. The van der Waals surface area contributed by atoms with Gasteiger partial charge in [-0.1, -0.05) is 11.6 Å². The van der Waals surface area contributed by atoms with Crippen LogP contribution in [0.1, 0.15) is 0 Å². The zero-order valence-electron chi connectivity index (χ0n) is 9.33. The average molecular weight is 331 g/mol. The van der Waals surface area contributed by atoms with Crippen LogP contribution in [0.15, 0.2) is 33.8 Å². The van der Waals surface area contributed by atoms with Crippen molar-refractivity contribution in [1.29, 1.82) is 0 Å². The fraction of sp³-hybridized carbons (Fsp3) is 0.0909. The minimum atomic E-state index is -0.272. The van der Waals surface area contributed by atoms with Crippen LogP contribution in [0.3, 0.4) is 0 Å². The third-order valence-corrected chi connectivity index (χ3v) is 3.29. The van der Waals surface area contributed by atoms with Crippen LogP contribution >= 0.6 is 27.5 Å². The number of hydrogen-bond acceptors (Lipinski definition) is 4. The third-order valence-electron chi connectivity index (χ3n) is 2.22. The van der Waals surface area contributed by atoms with Crippen molar-refractivity contribution in [3.8, 4) is 5.75 Å². The van der Waals surface area contributed by atoms with Crippen molar-refractivity contribution in [3.05, 3.63) is 44.4 Å². The van der Waals surface area contributed by atoms with Gasteiger partial charge in [-0.25, -0.2) is 4.98 Å². The van der Waals surface area contributed by atoms with Gasteiger partial charge in [0, 0.05) is 6.07 Å². The van der Waals surface area contributed by atoms with Crippen LogP contribution in [0.4, 0.5) is 11.5 Å². The number of H-pyrrole nitrogens is 1. The molecular weight excluding hydrogens is 321 g/mol. The monoisotopic (exact) mass is 329 g/mol. The fourth-order valence-electron chi connectivity index (χ4n) is 1.32. The number of ether oxygens (including phenoxy) is 1. The van der Waals surface area contributed by atoms with Crippen LogP contribution in [0, 0.1) is 0 Å². The number of hydrogen-bond donors (Lipinski definition) is 2. The number of nitrogens with one attached hydrogen (secondary N) is 2. The highest BCUT2D eigenvalue weighted by Crippen LogP contribution is 2.30. The zero-order valence-corrected chi connectivity index (χ0v) is 11.7. The van der Waals surface area contributed by atoms with Gasteiger partial charge in [0.05, 0.1) is 24.1 Å². The van der Waals surface area contributed by atoms with Gasteiger partial charge in [0.25, 0.3) is 5.56 Å². The second-order valence-corrected chi connectivity index (χ2v) is 4.57. The van der Waals surface area contributed by atoms with E-state index in [0.29, 0.717) is 26.8 Å². The summed E-state index contributed by atoms with van der Waals surface area (Å²) >= 11 is 9.20.